The second-order valence-electron chi connectivity index (χ2n) is 20.0. The number of nitriles is 1. The highest BCUT2D eigenvalue weighted by molar-refractivity contribution is 6.68. The molecule has 0 aliphatic rings. The van der Waals surface area contributed by atoms with Crippen LogP contribution in [-0.4, -0.2) is 67.9 Å². The van der Waals surface area contributed by atoms with E-state index in [1.807, 2.05) is 18.2 Å². The van der Waals surface area contributed by atoms with Gasteiger partial charge < -0.3 is 13.7 Å². The molecule has 4 aromatic heterocycles. The van der Waals surface area contributed by atoms with Gasteiger partial charge in [-0.2, -0.15) is 5.26 Å². The second kappa shape index (κ2) is 17.5. The summed E-state index contributed by atoms with van der Waals surface area (Å²) in [6, 6.07) is 74.8. The number of benzene rings is 10. The van der Waals surface area contributed by atoms with Crippen LogP contribution in [0.5, 0.6) is 0 Å². The highest BCUT2D eigenvalue weighted by Crippen LogP contribution is 2.43. The zero-order valence-corrected chi connectivity index (χ0v) is 42.8. The van der Waals surface area contributed by atoms with Crippen LogP contribution in [0.3, 0.4) is 0 Å². The zero-order chi connectivity index (χ0) is 51.3. The summed E-state index contributed by atoms with van der Waals surface area (Å²) in [5.74, 6) is 1.56. The average molecular weight is 965 g/mol. The van der Waals surface area contributed by atoms with Crippen LogP contribution in [0, 0.1) is 11.3 Å². The molecule has 76 heavy (non-hydrogen) atoms. The van der Waals surface area contributed by atoms with Crippen molar-refractivity contribution in [2.75, 3.05) is 0 Å². The Morgan fingerprint density at radius 1 is 0.342 bits per heavy atom. The van der Waals surface area contributed by atoms with Gasteiger partial charge in [-0.15, -0.1) is 5.46 Å². The largest absolute Gasteiger partial charge is 0.310 e. The summed E-state index contributed by atoms with van der Waals surface area (Å²) < 4.78 is 7.08. The summed E-state index contributed by atoms with van der Waals surface area (Å²) in [6.07, 6.45) is 0. The Hall–Kier alpha value is -9.58. The van der Waals surface area contributed by atoms with E-state index in [1.165, 1.54) is 33.0 Å². The van der Waals surface area contributed by atoms with Crippen LogP contribution in [0.1, 0.15) is 5.56 Å². The minimum Gasteiger partial charge on any atom is -0.310 e. The molecule has 4 heterocycles. The molecule has 0 fully saturated rings. The molecule has 14 aromatic rings. The average Bonchev–Trinajstić information content (AvgIpc) is 4.30. The Morgan fingerprint density at radius 2 is 0.803 bits per heavy atom. The van der Waals surface area contributed by atoms with Crippen molar-refractivity contribution in [1.82, 2.24) is 28.7 Å². The molecule has 0 bridgehead atoms. The number of aromatic nitrogens is 6. The van der Waals surface area contributed by atoms with Crippen molar-refractivity contribution in [2.45, 2.75) is 0 Å². The molecule has 12 heteroatoms. The van der Waals surface area contributed by atoms with Gasteiger partial charge in [0, 0.05) is 60.4 Å². The number of nitrogens with zero attached hydrogens (tertiary/aromatic N) is 7. The minimum atomic E-state index is 0.476. The van der Waals surface area contributed by atoms with Crippen LogP contribution < -0.4 is 27.3 Å². The van der Waals surface area contributed by atoms with E-state index in [9.17, 15) is 5.26 Å². The molecule has 14 rings (SSSR count). The summed E-state index contributed by atoms with van der Waals surface area (Å²) in [6.45, 7) is 0. The molecule has 0 unspecified atom stereocenters. The standard InChI is InChI=1S/C64H44B5N7/c65-55-56(66)58(68)61(59(69)57(55)67)76-51-22-12-9-19-46(51)54-53(76)32-29-45-43-17-7-11-21-50(43)75(60(45)54)48-30-27-39(33-41(48)35-70)63-71-62(38-25-23-37(24-26-38)36-13-3-1-4-14-36)72-64(73-63)40-28-31-52-47(34-40)44-18-8-10-20-49(44)74(52)42-15-5-2-6-16-42/h1-34H,65-69H2. The van der Waals surface area contributed by atoms with E-state index in [4.69, 9.17) is 15.0 Å². The van der Waals surface area contributed by atoms with Gasteiger partial charge in [0.15, 0.2) is 17.5 Å². The molecule has 0 spiro atoms. The topological polar surface area (TPSA) is 77.2 Å². The van der Waals surface area contributed by atoms with Gasteiger partial charge in [0.05, 0.1) is 44.4 Å². The number of hydrogen-bond donors (Lipinski definition) is 0. The Kier molecular flexibility index (Phi) is 10.4. The maximum Gasteiger partial charge on any atom is 0.164 e. The molecule has 0 saturated heterocycles. The Balaban J connectivity index is 0.976. The summed E-state index contributed by atoms with van der Waals surface area (Å²) in [5.41, 5.74) is 21.3. The van der Waals surface area contributed by atoms with Gasteiger partial charge in [-0.3, -0.25) is 0 Å². The van der Waals surface area contributed by atoms with E-state index < -0.39 is 0 Å². The van der Waals surface area contributed by atoms with E-state index in [0.717, 1.165) is 99.0 Å². The van der Waals surface area contributed by atoms with Gasteiger partial charge in [0.1, 0.15) is 45.3 Å². The van der Waals surface area contributed by atoms with Gasteiger partial charge >= 0.3 is 0 Å². The molecule has 0 atom stereocenters. The van der Waals surface area contributed by atoms with E-state index in [2.05, 4.69) is 247 Å². The third-order valence-corrected chi connectivity index (χ3v) is 16.1. The zero-order valence-electron chi connectivity index (χ0n) is 42.8. The molecular weight excluding hydrogens is 921 g/mol. The van der Waals surface area contributed by atoms with Gasteiger partial charge in [-0.05, 0) is 83.9 Å². The highest BCUT2D eigenvalue weighted by atomic mass is 15.0. The van der Waals surface area contributed by atoms with Crippen LogP contribution in [0.4, 0.5) is 0 Å². The Labute approximate surface area is 443 Å². The van der Waals surface area contributed by atoms with Crippen LogP contribution in [0.15, 0.2) is 206 Å². The molecule has 350 valence electrons. The lowest BCUT2D eigenvalue weighted by atomic mass is 9.61. The smallest absolute Gasteiger partial charge is 0.164 e. The van der Waals surface area contributed by atoms with Gasteiger partial charge in [-0.1, -0.05) is 155 Å². The molecule has 0 aliphatic carbocycles. The van der Waals surface area contributed by atoms with Crippen molar-refractivity contribution in [3.63, 3.8) is 0 Å². The third-order valence-electron chi connectivity index (χ3n) is 16.1. The lowest BCUT2D eigenvalue weighted by Gasteiger charge is -2.22. The van der Waals surface area contributed by atoms with E-state index >= 15 is 0 Å². The first-order chi connectivity index (χ1) is 37.2. The molecule has 0 radical (unpaired) electrons. The molecule has 0 saturated carbocycles. The number of hydrogen-bond acceptors (Lipinski definition) is 4. The lowest BCUT2D eigenvalue weighted by Crippen LogP contribution is -2.56. The maximum atomic E-state index is 11.3. The SMILES string of the molecule is Bc1c(B)c(B)c(-n2c3ccccc3c3c2ccc2c4ccccc4n(-c4ccc(-c5nc(-c6ccc(-c7ccccc7)cc6)nc(-c6ccc7c(c6)c6ccccc6n7-c6ccccc6)n5)cc4C#N)c23)c(B)c1B. The first-order valence-electron chi connectivity index (χ1n) is 25.8. The van der Waals surface area contributed by atoms with E-state index in [-0.39, 0.29) is 0 Å². The molecule has 0 amide bonds. The van der Waals surface area contributed by atoms with Crippen molar-refractivity contribution < 1.29 is 0 Å². The number of fused-ring (bicyclic) bond motifs is 10. The fourth-order valence-corrected chi connectivity index (χ4v) is 11.9. The first kappa shape index (κ1) is 45.1. The molecular formula is C64H44B5N7. The molecule has 0 aliphatic heterocycles. The fraction of sp³-hybridized carbons (Fsp3) is 0. The first-order valence-corrected chi connectivity index (χ1v) is 25.8. The van der Waals surface area contributed by atoms with Crippen LogP contribution in [-0.2, 0) is 0 Å². The second-order valence-corrected chi connectivity index (χ2v) is 20.0. The predicted molar refractivity (Wildman–Crippen MR) is 330 cm³/mol. The van der Waals surface area contributed by atoms with Gasteiger partial charge in [-0.25, -0.2) is 15.0 Å². The lowest BCUT2D eigenvalue weighted by molar-refractivity contribution is 1.07. The van der Waals surface area contributed by atoms with E-state index in [0.29, 0.717) is 28.6 Å². The van der Waals surface area contributed by atoms with E-state index in [1.54, 1.807) is 0 Å². The minimum absolute atomic E-state index is 0.476. The predicted octanol–water partition coefficient (Wildman–Crippen LogP) is 6.99. The van der Waals surface area contributed by atoms with Gasteiger partial charge in [0.2, 0.25) is 0 Å². The molecule has 10 aromatic carbocycles. The Morgan fingerprint density at radius 3 is 1.46 bits per heavy atom. The molecule has 0 N–H and O–H groups in total. The van der Waals surface area contributed by atoms with Crippen LogP contribution in [0.25, 0.3) is 128 Å². The summed E-state index contributed by atoms with van der Waals surface area (Å²) >= 11 is 0. The van der Waals surface area contributed by atoms with Crippen LogP contribution in [0.2, 0.25) is 0 Å². The third kappa shape index (κ3) is 6.86. The number of para-hydroxylation sites is 4. The van der Waals surface area contributed by atoms with Crippen LogP contribution >= 0.6 is 0 Å². The quantitative estimate of drug-likeness (QED) is 0.162. The van der Waals surface area contributed by atoms with Crippen molar-refractivity contribution in [1.29, 1.82) is 5.26 Å². The maximum absolute atomic E-state index is 11.3. The van der Waals surface area contributed by atoms with Crippen molar-refractivity contribution in [3.05, 3.63) is 212 Å². The molecule has 7 nitrogen and oxygen atoms in total. The van der Waals surface area contributed by atoms with Crippen molar-refractivity contribution in [2.24, 2.45) is 0 Å². The highest BCUT2D eigenvalue weighted by Gasteiger charge is 2.25. The summed E-state index contributed by atoms with van der Waals surface area (Å²) in [7, 11) is 11.2. The number of rotatable bonds is 7. The van der Waals surface area contributed by atoms with Gasteiger partial charge in [0.25, 0.3) is 0 Å². The monoisotopic (exact) mass is 965 g/mol. The fourth-order valence-electron chi connectivity index (χ4n) is 11.9. The Bertz CT molecular complexity index is 4740. The summed E-state index contributed by atoms with van der Waals surface area (Å²) in [5, 5.41) is 18.1. The summed E-state index contributed by atoms with van der Waals surface area (Å²) in [4.78, 5) is 15.7. The van der Waals surface area contributed by atoms with Crippen molar-refractivity contribution in [3.8, 4) is 68.4 Å². The van der Waals surface area contributed by atoms with Crippen molar-refractivity contribution >= 4 is 132 Å². The normalized spacial score (nSPS) is 11.7.